The third kappa shape index (κ3) is 2.63. The summed E-state index contributed by atoms with van der Waals surface area (Å²) in [5, 5.41) is 6.41. The van der Waals surface area contributed by atoms with Crippen LogP contribution in [0, 0.1) is 5.82 Å². The van der Waals surface area contributed by atoms with E-state index in [4.69, 9.17) is 0 Å². The first-order valence-electron chi connectivity index (χ1n) is 7.01. The maximum absolute atomic E-state index is 13.0. The van der Waals surface area contributed by atoms with Gasteiger partial charge in [0.15, 0.2) is 0 Å². The van der Waals surface area contributed by atoms with Gasteiger partial charge in [-0.1, -0.05) is 18.6 Å². The molecule has 1 heterocycles. The fraction of sp³-hybridized carbons (Fsp3) is 0.533. The molecule has 2 aliphatic rings. The maximum Gasteiger partial charge on any atom is 0.237 e. The lowest BCUT2D eigenvalue weighted by Gasteiger charge is -2.26. The Kier molecular flexibility index (Phi) is 3.27. The first-order valence-corrected chi connectivity index (χ1v) is 7.01. The second-order valence-electron chi connectivity index (χ2n) is 5.58. The number of amides is 1. The molecule has 0 aromatic heterocycles. The Morgan fingerprint density at radius 1 is 1.26 bits per heavy atom. The first kappa shape index (κ1) is 12.6. The highest BCUT2D eigenvalue weighted by atomic mass is 19.1. The first-order chi connectivity index (χ1) is 9.20. The molecule has 1 saturated heterocycles. The zero-order valence-corrected chi connectivity index (χ0v) is 10.9. The lowest BCUT2D eigenvalue weighted by Crippen LogP contribution is -2.49. The maximum atomic E-state index is 13.0. The van der Waals surface area contributed by atoms with Gasteiger partial charge >= 0.3 is 0 Å². The van der Waals surface area contributed by atoms with Crippen molar-refractivity contribution in [1.82, 2.24) is 10.6 Å². The van der Waals surface area contributed by atoms with Crippen LogP contribution in [0.4, 0.5) is 4.39 Å². The predicted molar refractivity (Wildman–Crippen MR) is 71.1 cm³/mol. The number of halogens is 1. The fourth-order valence-electron chi connectivity index (χ4n) is 2.78. The van der Waals surface area contributed by atoms with Gasteiger partial charge in [0.2, 0.25) is 5.91 Å². The topological polar surface area (TPSA) is 41.1 Å². The molecule has 0 spiro atoms. The number of rotatable bonds is 3. The van der Waals surface area contributed by atoms with E-state index in [1.807, 2.05) is 0 Å². The minimum absolute atomic E-state index is 0.0633. The normalized spacial score (nSPS) is 24.8. The average Bonchev–Trinajstić information content (AvgIpc) is 3.21. The Morgan fingerprint density at radius 3 is 2.58 bits per heavy atom. The molecule has 4 heteroatoms. The summed E-state index contributed by atoms with van der Waals surface area (Å²) in [5.41, 5.74) is 0.766. The van der Waals surface area contributed by atoms with Crippen LogP contribution in [0.15, 0.2) is 24.3 Å². The second-order valence-corrected chi connectivity index (χ2v) is 5.58. The highest BCUT2D eigenvalue weighted by Gasteiger charge is 2.46. The van der Waals surface area contributed by atoms with Crippen molar-refractivity contribution in [2.24, 2.45) is 0 Å². The lowest BCUT2D eigenvalue weighted by atomic mass is 10.0. The smallest absolute Gasteiger partial charge is 0.237 e. The van der Waals surface area contributed by atoms with Crippen LogP contribution in [-0.4, -0.2) is 18.5 Å². The third-order valence-electron chi connectivity index (χ3n) is 4.14. The molecule has 102 valence electrons. The Hall–Kier alpha value is -1.42. The van der Waals surface area contributed by atoms with E-state index < -0.39 is 0 Å². The van der Waals surface area contributed by atoms with Gasteiger partial charge < -0.3 is 10.6 Å². The minimum Gasteiger partial charge on any atom is -0.345 e. The van der Waals surface area contributed by atoms with Gasteiger partial charge in [-0.15, -0.1) is 0 Å². The van der Waals surface area contributed by atoms with Gasteiger partial charge in [-0.05, 0) is 49.9 Å². The van der Waals surface area contributed by atoms with Crippen molar-refractivity contribution in [1.29, 1.82) is 0 Å². The van der Waals surface area contributed by atoms with Crippen molar-refractivity contribution in [3.8, 4) is 0 Å². The van der Waals surface area contributed by atoms with Gasteiger partial charge in [0, 0.05) is 0 Å². The largest absolute Gasteiger partial charge is 0.345 e. The lowest BCUT2D eigenvalue weighted by molar-refractivity contribution is -0.124. The molecule has 1 aliphatic heterocycles. The summed E-state index contributed by atoms with van der Waals surface area (Å²) in [5.74, 6) is -0.152. The summed E-state index contributed by atoms with van der Waals surface area (Å²) < 4.78 is 13.0. The minimum atomic E-state index is -0.246. The van der Waals surface area contributed by atoms with Crippen LogP contribution in [-0.2, 0) is 10.3 Å². The van der Waals surface area contributed by atoms with Crippen LogP contribution in [0.5, 0.6) is 0 Å². The molecule has 1 atom stereocenters. The molecule has 1 aliphatic carbocycles. The standard InChI is InChI=1S/C15H19FN2O/c16-12-6-4-11(5-7-12)15(8-9-15)18-14(19)13-3-1-2-10-17-13/h4-7,13,17H,1-3,8-10H2,(H,18,19). The quantitative estimate of drug-likeness (QED) is 0.875. The van der Waals surface area contributed by atoms with Gasteiger partial charge in [-0.25, -0.2) is 4.39 Å². The van der Waals surface area contributed by atoms with E-state index in [1.54, 1.807) is 12.1 Å². The van der Waals surface area contributed by atoms with E-state index >= 15 is 0 Å². The van der Waals surface area contributed by atoms with Crippen molar-refractivity contribution in [3.05, 3.63) is 35.6 Å². The van der Waals surface area contributed by atoms with Crippen LogP contribution in [0.1, 0.15) is 37.7 Å². The van der Waals surface area contributed by atoms with Gasteiger partial charge in [0.05, 0.1) is 11.6 Å². The second kappa shape index (κ2) is 4.93. The number of hydrogen-bond donors (Lipinski definition) is 2. The van der Waals surface area contributed by atoms with Crippen LogP contribution >= 0.6 is 0 Å². The molecule has 1 amide bonds. The zero-order valence-electron chi connectivity index (χ0n) is 10.9. The van der Waals surface area contributed by atoms with Crippen molar-refractivity contribution < 1.29 is 9.18 Å². The van der Waals surface area contributed by atoms with E-state index in [0.29, 0.717) is 0 Å². The van der Waals surface area contributed by atoms with Gasteiger partial charge in [0.25, 0.3) is 0 Å². The van der Waals surface area contributed by atoms with Gasteiger partial charge in [0.1, 0.15) is 5.82 Å². The molecule has 2 N–H and O–H groups in total. The van der Waals surface area contributed by atoms with E-state index in [1.165, 1.54) is 12.1 Å². The van der Waals surface area contributed by atoms with Gasteiger partial charge in [-0.2, -0.15) is 0 Å². The van der Waals surface area contributed by atoms with Crippen LogP contribution < -0.4 is 10.6 Å². The van der Waals surface area contributed by atoms with E-state index in [-0.39, 0.29) is 23.3 Å². The van der Waals surface area contributed by atoms with Crippen LogP contribution in [0.25, 0.3) is 0 Å². The molecular formula is C15H19FN2O. The fourth-order valence-corrected chi connectivity index (χ4v) is 2.78. The molecule has 1 saturated carbocycles. The summed E-state index contributed by atoms with van der Waals surface area (Å²) in [7, 11) is 0. The van der Waals surface area contributed by atoms with Crippen molar-refractivity contribution in [2.75, 3.05) is 6.54 Å². The molecule has 2 fully saturated rings. The van der Waals surface area contributed by atoms with Crippen LogP contribution in [0.2, 0.25) is 0 Å². The highest BCUT2D eigenvalue weighted by molar-refractivity contribution is 5.83. The average molecular weight is 262 g/mol. The Morgan fingerprint density at radius 2 is 2.00 bits per heavy atom. The number of piperidine rings is 1. The third-order valence-corrected chi connectivity index (χ3v) is 4.14. The Labute approximate surface area is 112 Å². The van der Waals surface area contributed by atoms with Crippen molar-refractivity contribution in [3.63, 3.8) is 0 Å². The molecular weight excluding hydrogens is 243 g/mol. The summed E-state index contributed by atoms with van der Waals surface area (Å²) in [6, 6.07) is 6.40. The molecule has 1 unspecified atom stereocenters. The number of benzene rings is 1. The Bertz CT molecular complexity index is 462. The predicted octanol–water partition coefficient (Wildman–Crippen LogP) is 2.07. The summed E-state index contributed by atoms with van der Waals surface area (Å²) in [6.07, 6.45) is 5.04. The Balaban J connectivity index is 1.68. The van der Waals surface area contributed by atoms with E-state index in [2.05, 4.69) is 10.6 Å². The van der Waals surface area contributed by atoms with Crippen molar-refractivity contribution in [2.45, 2.75) is 43.7 Å². The highest BCUT2D eigenvalue weighted by Crippen LogP contribution is 2.45. The molecule has 3 rings (SSSR count). The molecule has 3 nitrogen and oxygen atoms in total. The van der Waals surface area contributed by atoms with Gasteiger partial charge in [-0.3, -0.25) is 4.79 Å². The monoisotopic (exact) mass is 262 g/mol. The molecule has 1 aromatic carbocycles. The van der Waals surface area contributed by atoms with Crippen LogP contribution in [0.3, 0.4) is 0 Å². The summed E-state index contributed by atoms with van der Waals surface area (Å²) in [6.45, 7) is 0.918. The summed E-state index contributed by atoms with van der Waals surface area (Å²) >= 11 is 0. The number of nitrogens with one attached hydrogen (secondary N) is 2. The number of carbonyl (C=O) groups excluding carboxylic acids is 1. The molecule has 19 heavy (non-hydrogen) atoms. The summed E-state index contributed by atoms with van der Waals surface area (Å²) in [4.78, 5) is 12.2. The van der Waals surface area contributed by atoms with Crippen molar-refractivity contribution >= 4 is 5.91 Å². The van der Waals surface area contributed by atoms with E-state index in [9.17, 15) is 9.18 Å². The molecule has 1 aromatic rings. The number of hydrogen-bond acceptors (Lipinski definition) is 2. The number of carbonyl (C=O) groups is 1. The molecule has 0 radical (unpaired) electrons. The zero-order chi connectivity index (χ0) is 13.3. The SMILES string of the molecule is O=C(NC1(c2ccc(F)cc2)CC1)C1CCCCN1. The molecule has 0 bridgehead atoms. The van der Waals surface area contributed by atoms with E-state index in [0.717, 1.165) is 44.2 Å².